The second-order valence-electron chi connectivity index (χ2n) is 11.8. The number of nitrogens with zero attached hydrogens (tertiary/aromatic N) is 4. The van der Waals surface area contributed by atoms with Gasteiger partial charge in [-0.05, 0) is 55.7 Å². The summed E-state index contributed by atoms with van der Waals surface area (Å²) in [4.78, 5) is 45.2. The molecule has 0 bridgehead atoms. The van der Waals surface area contributed by atoms with Gasteiger partial charge < -0.3 is 9.47 Å². The van der Waals surface area contributed by atoms with Crippen LogP contribution in [0.1, 0.15) is 53.9 Å². The molecule has 6 rings (SSSR count). The fourth-order valence-corrected chi connectivity index (χ4v) is 6.46. The summed E-state index contributed by atoms with van der Waals surface area (Å²) in [6.45, 7) is 7.91. The van der Waals surface area contributed by atoms with Crippen molar-refractivity contribution in [2.45, 2.75) is 33.7 Å². The number of aromatic nitrogens is 3. The maximum absolute atomic E-state index is 14.3. The Hall–Kier alpha value is -5.35. The van der Waals surface area contributed by atoms with Crippen molar-refractivity contribution in [2.75, 3.05) is 13.7 Å². The Labute approximate surface area is 275 Å². The molecule has 3 aromatic carbocycles. The molecule has 0 saturated carbocycles. The van der Waals surface area contributed by atoms with Crippen LogP contribution in [0.3, 0.4) is 0 Å². The summed E-state index contributed by atoms with van der Waals surface area (Å²) < 4.78 is 14.3. The number of hydrogen-bond acceptors (Lipinski definition) is 8. The molecule has 47 heavy (non-hydrogen) atoms. The minimum Gasteiger partial charge on any atom is -0.465 e. The molecule has 1 unspecified atom stereocenters. The first-order valence-corrected chi connectivity index (χ1v) is 16.1. The predicted molar refractivity (Wildman–Crippen MR) is 181 cm³/mol. The zero-order valence-electron chi connectivity index (χ0n) is 26.8. The van der Waals surface area contributed by atoms with Gasteiger partial charge in [-0.3, -0.25) is 9.36 Å². The highest BCUT2D eigenvalue weighted by Crippen LogP contribution is 2.31. The third-order valence-electron chi connectivity index (χ3n) is 7.81. The number of para-hydroxylation sites is 1. The van der Waals surface area contributed by atoms with Gasteiger partial charge in [0.2, 0.25) is 0 Å². The third kappa shape index (κ3) is 6.37. The number of benzene rings is 3. The minimum atomic E-state index is -0.816. The molecule has 0 N–H and O–H groups in total. The summed E-state index contributed by atoms with van der Waals surface area (Å²) in [6.07, 6.45) is 3.74. The van der Waals surface area contributed by atoms with Gasteiger partial charge in [0.15, 0.2) is 4.80 Å². The number of methoxy groups -OCH3 is 1. The first kappa shape index (κ1) is 31.6. The summed E-state index contributed by atoms with van der Waals surface area (Å²) in [5.74, 6) is -0.899. The zero-order valence-corrected chi connectivity index (χ0v) is 27.6. The van der Waals surface area contributed by atoms with Crippen molar-refractivity contribution in [3.05, 3.63) is 138 Å². The highest BCUT2D eigenvalue weighted by Gasteiger charge is 2.33. The fourth-order valence-electron chi connectivity index (χ4n) is 5.42. The van der Waals surface area contributed by atoms with E-state index in [1.165, 1.54) is 23.0 Å². The zero-order chi connectivity index (χ0) is 33.2. The van der Waals surface area contributed by atoms with Crippen molar-refractivity contribution in [3.8, 4) is 16.9 Å². The molecule has 5 aromatic rings. The molecule has 1 aliphatic heterocycles. The molecule has 1 atom stereocenters. The Morgan fingerprint density at radius 1 is 0.957 bits per heavy atom. The van der Waals surface area contributed by atoms with Crippen LogP contribution in [0.4, 0.5) is 0 Å². The third-order valence-corrected chi connectivity index (χ3v) is 8.79. The van der Waals surface area contributed by atoms with Crippen LogP contribution in [-0.2, 0) is 14.3 Å². The minimum absolute atomic E-state index is 0.123. The summed E-state index contributed by atoms with van der Waals surface area (Å²) >= 11 is 1.24. The first-order valence-electron chi connectivity index (χ1n) is 15.2. The van der Waals surface area contributed by atoms with Gasteiger partial charge in [-0.15, -0.1) is 0 Å². The molecule has 0 amide bonds. The maximum atomic E-state index is 14.3. The lowest BCUT2D eigenvalue weighted by Crippen LogP contribution is -2.40. The van der Waals surface area contributed by atoms with Crippen LogP contribution in [0.15, 0.2) is 106 Å². The van der Waals surface area contributed by atoms with Crippen molar-refractivity contribution < 1.29 is 19.1 Å². The SMILES string of the molecule is COC(=O)c1ccc(C2C(C(=O)OCC(C)C)=C(C)N=c3sc(=Cc4cn(-c5ccccc5)nc4-c4ccc(C)cc4)c(=O)n32)cc1. The highest BCUT2D eigenvalue weighted by molar-refractivity contribution is 7.07. The van der Waals surface area contributed by atoms with Gasteiger partial charge in [-0.25, -0.2) is 19.3 Å². The topological polar surface area (TPSA) is 105 Å². The van der Waals surface area contributed by atoms with Gasteiger partial charge >= 0.3 is 11.9 Å². The number of rotatable bonds is 8. The van der Waals surface area contributed by atoms with Crippen molar-refractivity contribution >= 4 is 29.4 Å². The molecule has 2 aromatic heterocycles. The number of ether oxygens (including phenoxy) is 2. The monoisotopic (exact) mass is 646 g/mol. The quantitative estimate of drug-likeness (QED) is 0.210. The summed E-state index contributed by atoms with van der Waals surface area (Å²) in [5.41, 5.74) is 5.83. The summed E-state index contributed by atoms with van der Waals surface area (Å²) in [5, 5.41) is 4.91. The number of carbonyl (C=O) groups is 2. The Bertz CT molecular complexity index is 2170. The average molecular weight is 647 g/mol. The highest BCUT2D eigenvalue weighted by atomic mass is 32.1. The van der Waals surface area contributed by atoms with E-state index in [4.69, 9.17) is 19.6 Å². The van der Waals surface area contributed by atoms with Gasteiger partial charge in [-0.2, -0.15) is 5.10 Å². The lowest BCUT2D eigenvalue weighted by atomic mass is 9.95. The van der Waals surface area contributed by atoms with Crippen molar-refractivity contribution in [1.82, 2.24) is 14.3 Å². The Kier molecular flexibility index (Phi) is 8.86. The summed E-state index contributed by atoms with van der Waals surface area (Å²) in [6, 6.07) is 23.8. The van der Waals surface area contributed by atoms with E-state index < -0.39 is 18.0 Å². The van der Waals surface area contributed by atoms with Crippen LogP contribution in [-0.4, -0.2) is 40.0 Å². The lowest BCUT2D eigenvalue weighted by Gasteiger charge is -2.25. The number of carbonyl (C=O) groups excluding carboxylic acids is 2. The fraction of sp³-hybridized carbons (Fsp3) is 0.216. The smallest absolute Gasteiger partial charge is 0.338 e. The molecule has 0 saturated heterocycles. The van der Waals surface area contributed by atoms with Crippen molar-refractivity contribution in [1.29, 1.82) is 0 Å². The number of aryl methyl sites for hydroxylation is 1. The van der Waals surface area contributed by atoms with E-state index in [1.807, 2.05) is 87.6 Å². The number of allylic oxidation sites excluding steroid dienone is 1. The standard InChI is InChI=1S/C37H34N4O5S/c1-22(2)21-46-36(44)31-24(4)38-37-41(33(31)26-15-17-27(18-16-26)35(43)45-5)34(42)30(47-37)19-28-20-40(29-9-7-6-8-10-29)39-32(28)25-13-11-23(3)12-14-25/h6-20,22,33H,21H2,1-5H3. The van der Waals surface area contributed by atoms with Crippen LogP contribution in [0.2, 0.25) is 0 Å². The molecule has 0 fully saturated rings. The van der Waals surface area contributed by atoms with Crippen LogP contribution in [0, 0.1) is 12.8 Å². The van der Waals surface area contributed by atoms with E-state index in [2.05, 4.69) is 0 Å². The number of hydrogen-bond donors (Lipinski definition) is 0. The summed E-state index contributed by atoms with van der Waals surface area (Å²) in [7, 11) is 1.32. The molecule has 238 valence electrons. The van der Waals surface area contributed by atoms with Gasteiger partial charge in [0.1, 0.15) is 0 Å². The molecule has 0 radical (unpaired) electrons. The van der Waals surface area contributed by atoms with Crippen LogP contribution < -0.4 is 14.9 Å². The van der Waals surface area contributed by atoms with Crippen molar-refractivity contribution in [2.24, 2.45) is 10.9 Å². The molecule has 9 nitrogen and oxygen atoms in total. The molecular formula is C37H34N4O5S. The van der Waals surface area contributed by atoms with Gasteiger partial charge in [-0.1, -0.05) is 85.3 Å². The van der Waals surface area contributed by atoms with E-state index in [9.17, 15) is 14.4 Å². The second-order valence-corrected chi connectivity index (χ2v) is 12.8. The Morgan fingerprint density at radius 3 is 2.32 bits per heavy atom. The normalized spacial score (nSPS) is 14.6. The number of esters is 2. The van der Waals surface area contributed by atoms with Crippen LogP contribution >= 0.6 is 11.3 Å². The van der Waals surface area contributed by atoms with Gasteiger partial charge in [0.05, 0.1) is 52.5 Å². The molecule has 0 spiro atoms. The van der Waals surface area contributed by atoms with E-state index in [-0.39, 0.29) is 23.7 Å². The average Bonchev–Trinajstić information content (AvgIpc) is 3.63. The van der Waals surface area contributed by atoms with Crippen molar-refractivity contribution in [3.63, 3.8) is 0 Å². The van der Waals surface area contributed by atoms with Crippen LogP contribution in [0.5, 0.6) is 0 Å². The van der Waals surface area contributed by atoms with E-state index in [1.54, 1.807) is 35.9 Å². The Balaban J connectivity index is 1.52. The number of thiazole rings is 1. The Morgan fingerprint density at radius 2 is 1.66 bits per heavy atom. The van der Waals surface area contributed by atoms with E-state index in [0.717, 1.165) is 28.1 Å². The van der Waals surface area contributed by atoms with Crippen LogP contribution in [0.25, 0.3) is 23.0 Å². The maximum Gasteiger partial charge on any atom is 0.338 e. The molecule has 3 heterocycles. The largest absolute Gasteiger partial charge is 0.465 e. The predicted octanol–water partition coefficient (Wildman–Crippen LogP) is 5.38. The molecule has 10 heteroatoms. The second kappa shape index (κ2) is 13.2. The van der Waals surface area contributed by atoms with E-state index >= 15 is 0 Å². The van der Waals surface area contributed by atoms with E-state index in [0.29, 0.717) is 26.2 Å². The first-order chi connectivity index (χ1) is 22.6. The number of fused-ring (bicyclic) bond motifs is 1. The lowest BCUT2D eigenvalue weighted by molar-refractivity contribution is -0.140. The molecule has 0 aliphatic carbocycles. The van der Waals surface area contributed by atoms with Gasteiger partial charge in [0, 0.05) is 17.3 Å². The molecular weight excluding hydrogens is 612 g/mol. The van der Waals surface area contributed by atoms with Gasteiger partial charge in [0.25, 0.3) is 5.56 Å². The molecule has 1 aliphatic rings.